The van der Waals surface area contributed by atoms with Crippen molar-refractivity contribution in [3.63, 3.8) is 0 Å². The largest absolute Gasteiger partial charge is 0.468 e. The van der Waals surface area contributed by atoms with Crippen molar-refractivity contribution in [2.75, 3.05) is 13.7 Å². The van der Waals surface area contributed by atoms with Crippen LogP contribution in [0.25, 0.3) is 0 Å². The van der Waals surface area contributed by atoms with Crippen molar-refractivity contribution >= 4 is 23.3 Å². The molecule has 35 heavy (non-hydrogen) atoms. The lowest BCUT2D eigenvalue weighted by molar-refractivity contribution is -0.697. The molecule has 180 valence electrons. The van der Waals surface area contributed by atoms with Gasteiger partial charge in [-0.2, -0.15) is 5.26 Å². The zero-order valence-electron chi connectivity index (χ0n) is 19.6. The zero-order chi connectivity index (χ0) is 25.5. The quantitative estimate of drug-likeness (QED) is 0.187. The summed E-state index contributed by atoms with van der Waals surface area (Å²) in [6, 6.07) is 11.4. The molecule has 0 spiro atoms. The van der Waals surface area contributed by atoms with E-state index in [-0.39, 0.29) is 17.9 Å². The minimum Gasteiger partial charge on any atom is -0.468 e. The normalized spacial score (nSPS) is 17.3. The molecule has 2 atom stereocenters. The van der Waals surface area contributed by atoms with Gasteiger partial charge in [0.1, 0.15) is 17.6 Å². The number of hydrogen-bond acceptors (Lipinski definition) is 8. The number of aromatic nitrogens is 1. The van der Waals surface area contributed by atoms with Gasteiger partial charge in [-0.15, -0.1) is 0 Å². The topological polar surface area (TPSA) is 136 Å². The summed E-state index contributed by atoms with van der Waals surface area (Å²) in [5.74, 6) is -3.04. The number of carbonyl (C=O) groups excluding carboxylic acids is 2. The van der Waals surface area contributed by atoms with Crippen molar-refractivity contribution in [1.29, 1.82) is 5.26 Å². The molecule has 0 radical (unpaired) electrons. The SMILES string of the molecule is COC(=O)C1C(C)=NC(C)=C(C(=O)OCCC[n+]2cccc(C#N)c2)[C@H]1c1cccc([N+](=O)[O-])c1. The molecule has 1 aliphatic rings. The highest BCUT2D eigenvalue weighted by Gasteiger charge is 2.42. The number of nitro groups is 1. The lowest BCUT2D eigenvalue weighted by atomic mass is 9.75. The second-order valence-electron chi connectivity index (χ2n) is 8.01. The number of aryl methyl sites for hydroxylation is 1. The molecule has 1 aromatic carbocycles. The fourth-order valence-electron chi connectivity index (χ4n) is 4.14. The minimum absolute atomic E-state index is 0.0899. The highest BCUT2D eigenvalue weighted by molar-refractivity contribution is 6.07. The fourth-order valence-corrected chi connectivity index (χ4v) is 4.14. The number of pyridine rings is 1. The van der Waals surface area contributed by atoms with Gasteiger partial charge in [0.05, 0.1) is 24.2 Å². The first-order valence-electron chi connectivity index (χ1n) is 10.9. The van der Waals surface area contributed by atoms with Crippen molar-refractivity contribution in [2.45, 2.75) is 32.7 Å². The van der Waals surface area contributed by atoms with E-state index in [1.54, 1.807) is 38.2 Å². The molecule has 10 nitrogen and oxygen atoms in total. The van der Waals surface area contributed by atoms with Gasteiger partial charge in [0, 0.05) is 41.9 Å². The molecule has 0 bridgehead atoms. The molecule has 1 aliphatic heterocycles. The molecule has 0 saturated carbocycles. The van der Waals surface area contributed by atoms with Gasteiger partial charge in [-0.3, -0.25) is 19.9 Å². The van der Waals surface area contributed by atoms with E-state index in [0.717, 1.165) is 0 Å². The molecule has 3 rings (SSSR count). The maximum atomic E-state index is 13.2. The van der Waals surface area contributed by atoms with Crippen molar-refractivity contribution in [3.8, 4) is 6.07 Å². The lowest BCUT2D eigenvalue weighted by Crippen LogP contribution is -2.36. The Morgan fingerprint density at radius 2 is 2.03 bits per heavy atom. The van der Waals surface area contributed by atoms with Gasteiger partial charge < -0.3 is 9.47 Å². The molecule has 0 saturated heterocycles. The van der Waals surface area contributed by atoms with Crippen molar-refractivity contribution in [2.24, 2.45) is 10.9 Å². The van der Waals surface area contributed by atoms with Crippen molar-refractivity contribution < 1.29 is 28.6 Å². The molecule has 0 fully saturated rings. The van der Waals surface area contributed by atoms with E-state index in [4.69, 9.17) is 14.7 Å². The van der Waals surface area contributed by atoms with E-state index < -0.39 is 28.7 Å². The molecule has 0 aliphatic carbocycles. The van der Waals surface area contributed by atoms with Crippen LogP contribution >= 0.6 is 0 Å². The maximum absolute atomic E-state index is 13.2. The molecule has 1 unspecified atom stereocenters. The molecule has 0 amide bonds. The number of rotatable bonds is 8. The van der Waals surface area contributed by atoms with Crippen LogP contribution in [0.5, 0.6) is 0 Å². The number of allylic oxidation sites excluding steroid dienone is 1. The maximum Gasteiger partial charge on any atom is 0.336 e. The molecule has 2 aromatic rings. The molecular weight excluding hydrogens is 452 g/mol. The Hall–Kier alpha value is -4.39. The van der Waals surface area contributed by atoms with Gasteiger partial charge in [-0.1, -0.05) is 12.1 Å². The summed E-state index contributed by atoms with van der Waals surface area (Å²) in [4.78, 5) is 41.1. The average Bonchev–Trinajstić information content (AvgIpc) is 2.85. The second-order valence-corrected chi connectivity index (χ2v) is 8.01. The Kier molecular flexibility index (Phi) is 8.04. The van der Waals surface area contributed by atoms with Crippen LogP contribution in [0.1, 0.15) is 37.3 Å². The number of esters is 2. The highest BCUT2D eigenvalue weighted by Crippen LogP contribution is 2.40. The Bertz CT molecular complexity index is 1260. The predicted molar refractivity (Wildman–Crippen MR) is 124 cm³/mol. The average molecular weight is 477 g/mol. The number of aliphatic imine (C=N–C) groups is 1. The Balaban J connectivity index is 1.86. The molecule has 1 aromatic heterocycles. The number of methoxy groups -OCH3 is 1. The highest BCUT2D eigenvalue weighted by atomic mass is 16.6. The van der Waals surface area contributed by atoms with Crippen LogP contribution in [-0.4, -0.2) is 36.3 Å². The standard InChI is InChI=1S/C25H25N4O6/c1-16-21(24(30)34-3)23(19-8-4-9-20(13-19)29(32)33)22(17(2)27-16)25(31)35-12-6-11-28-10-5-7-18(14-26)15-28/h4-5,7-10,13,15,21,23H,6,11-12H2,1-3H3/q+1/t21?,23-/m0/s1. The monoisotopic (exact) mass is 477 g/mol. The van der Waals surface area contributed by atoms with Crippen molar-refractivity contribution in [1.82, 2.24) is 0 Å². The first-order chi connectivity index (χ1) is 16.8. The third kappa shape index (κ3) is 5.76. The Morgan fingerprint density at radius 3 is 2.71 bits per heavy atom. The zero-order valence-corrected chi connectivity index (χ0v) is 19.6. The first-order valence-corrected chi connectivity index (χ1v) is 10.9. The number of ether oxygens (including phenoxy) is 2. The van der Waals surface area contributed by atoms with Crippen molar-refractivity contribution in [3.05, 3.63) is 81.3 Å². The van der Waals surface area contributed by atoms with E-state index in [2.05, 4.69) is 11.1 Å². The lowest BCUT2D eigenvalue weighted by Gasteiger charge is -2.31. The number of carbonyl (C=O) groups is 2. The van der Waals surface area contributed by atoms with Gasteiger partial charge >= 0.3 is 11.9 Å². The van der Waals surface area contributed by atoms with E-state index in [0.29, 0.717) is 35.5 Å². The molecule has 2 heterocycles. The van der Waals surface area contributed by atoms with E-state index in [1.807, 2.05) is 10.8 Å². The van der Waals surface area contributed by atoms with E-state index in [9.17, 15) is 19.7 Å². The second kappa shape index (κ2) is 11.2. The van der Waals surface area contributed by atoms with Gasteiger partial charge in [-0.25, -0.2) is 9.36 Å². The van der Waals surface area contributed by atoms with E-state index >= 15 is 0 Å². The molecule has 0 N–H and O–H groups in total. The summed E-state index contributed by atoms with van der Waals surface area (Å²) < 4.78 is 12.3. The number of nitrogens with zero attached hydrogens (tertiary/aromatic N) is 4. The summed E-state index contributed by atoms with van der Waals surface area (Å²) in [6.45, 7) is 3.91. The fraction of sp³-hybridized carbons (Fsp3) is 0.320. The Morgan fingerprint density at radius 1 is 1.26 bits per heavy atom. The molecule has 10 heteroatoms. The van der Waals surface area contributed by atoms with Crippen LogP contribution in [0.3, 0.4) is 0 Å². The summed E-state index contributed by atoms with van der Waals surface area (Å²) in [5, 5.41) is 20.4. The third-order valence-electron chi connectivity index (χ3n) is 5.72. The number of nitriles is 1. The summed E-state index contributed by atoms with van der Waals surface area (Å²) in [6.07, 6.45) is 4.00. The van der Waals surface area contributed by atoms with Crippen LogP contribution in [-0.2, 0) is 25.6 Å². The predicted octanol–water partition coefficient (Wildman–Crippen LogP) is 3.01. The van der Waals surface area contributed by atoms with Crippen LogP contribution < -0.4 is 4.57 Å². The van der Waals surface area contributed by atoms with Crippen LogP contribution in [0.15, 0.2) is 65.1 Å². The van der Waals surface area contributed by atoms with Crippen LogP contribution in [0.4, 0.5) is 5.69 Å². The smallest absolute Gasteiger partial charge is 0.336 e. The van der Waals surface area contributed by atoms with E-state index in [1.165, 1.54) is 25.3 Å². The first kappa shape index (κ1) is 25.2. The van der Waals surface area contributed by atoms with Gasteiger partial charge in [0.25, 0.3) is 5.69 Å². The van der Waals surface area contributed by atoms with Crippen LogP contribution in [0, 0.1) is 27.4 Å². The van der Waals surface area contributed by atoms with Gasteiger partial charge in [0.15, 0.2) is 18.9 Å². The number of hydrogen-bond donors (Lipinski definition) is 0. The summed E-state index contributed by atoms with van der Waals surface area (Å²) in [5.41, 5.74) is 1.75. The number of benzene rings is 1. The summed E-state index contributed by atoms with van der Waals surface area (Å²) in [7, 11) is 1.24. The Labute approximate surface area is 202 Å². The minimum atomic E-state index is -0.933. The van der Waals surface area contributed by atoms with Gasteiger partial charge in [-0.05, 0) is 25.5 Å². The number of nitro benzene ring substituents is 1. The van der Waals surface area contributed by atoms with Gasteiger partial charge in [0.2, 0.25) is 0 Å². The number of non-ortho nitro benzene ring substituents is 1. The third-order valence-corrected chi connectivity index (χ3v) is 5.72. The molecular formula is C25H25N4O6+. The van der Waals surface area contributed by atoms with Crippen LogP contribution in [0.2, 0.25) is 0 Å². The summed E-state index contributed by atoms with van der Waals surface area (Å²) >= 11 is 0.